The normalized spacial score (nSPS) is 16.2. The molecule has 1 saturated heterocycles. The van der Waals surface area contributed by atoms with E-state index in [9.17, 15) is 4.79 Å². The van der Waals surface area contributed by atoms with Crippen LogP contribution in [-0.4, -0.2) is 53.6 Å². The lowest BCUT2D eigenvalue weighted by Crippen LogP contribution is -2.39. The number of ether oxygens (including phenoxy) is 1. The van der Waals surface area contributed by atoms with Crippen LogP contribution in [0.2, 0.25) is 0 Å². The SMILES string of the molecule is CCOc1nccnc1N1CC[C@@H](N(C)C(=O)c2ccc(C#N)cc2)C1. The van der Waals surface area contributed by atoms with Crippen LogP contribution in [0.3, 0.4) is 0 Å². The third kappa shape index (κ3) is 3.59. The van der Waals surface area contributed by atoms with E-state index in [2.05, 4.69) is 20.9 Å². The summed E-state index contributed by atoms with van der Waals surface area (Å²) in [6, 6.07) is 8.85. The van der Waals surface area contributed by atoms with Crippen molar-refractivity contribution in [2.45, 2.75) is 19.4 Å². The Hall–Kier alpha value is -3.14. The molecule has 0 saturated carbocycles. The molecule has 134 valence electrons. The summed E-state index contributed by atoms with van der Waals surface area (Å²) in [7, 11) is 1.81. The summed E-state index contributed by atoms with van der Waals surface area (Å²) in [4.78, 5) is 25.2. The molecule has 0 spiro atoms. The fourth-order valence-corrected chi connectivity index (χ4v) is 3.08. The fourth-order valence-electron chi connectivity index (χ4n) is 3.08. The number of aromatic nitrogens is 2. The highest BCUT2D eigenvalue weighted by atomic mass is 16.5. The molecule has 1 aliphatic rings. The minimum absolute atomic E-state index is 0.0504. The van der Waals surface area contributed by atoms with Crippen LogP contribution in [0.5, 0.6) is 5.88 Å². The van der Waals surface area contributed by atoms with Gasteiger partial charge in [0.25, 0.3) is 11.8 Å². The van der Waals surface area contributed by atoms with Gasteiger partial charge in [-0.1, -0.05) is 0 Å². The molecule has 7 nitrogen and oxygen atoms in total. The van der Waals surface area contributed by atoms with E-state index in [4.69, 9.17) is 10.00 Å². The van der Waals surface area contributed by atoms with Crippen molar-refractivity contribution < 1.29 is 9.53 Å². The number of hydrogen-bond donors (Lipinski definition) is 0. The van der Waals surface area contributed by atoms with Crippen LogP contribution >= 0.6 is 0 Å². The van der Waals surface area contributed by atoms with Crippen LogP contribution in [0.1, 0.15) is 29.3 Å². The molecule has 0 N–H and O–H groups in total. The number of carbonyl (C=O) groups is 1. The van der Waals surface area contributed by atoms with Crippen molar-refractivity contribution in [3.05, 3.63) is 47.8 Å². The van der Waals surface area contributed by atoms with Gasteiger partial charge in [0.05, 0.1) is 24.3 Å². The van der Waals surface area contributed by atoms with Crippen molar-refractivity contribution in [1.29, 1.82) is 5.26 Å². The Labute approximate surface area is 152 Å². The van der Waals surface area contributed by atoms with Gasteiger partial charge in [0.1, 0.15) is 0 Å². The van der Waals surface area contributed by atoms with E-state index in [1.807, 2.05) is 14.0 Å². The van der Waals surface area contributed by atoms with Crippen LogP contribution in [0.4, 0.5) is 5.82 Å². The smallest absolute Gasteiger partial charge is 0.257 e. The molecule has 2 heterocycles. The van der Waals surface area contributed by atoms with Gasteiger partial charge in [-0.25, -0.2) is 9.97 Å². The third-order valence-corrected chi connectivity index (χ3v) is 4.52. The summed E-state index contributed by atoms with van der Waals surface area (Å²) in [5.41, 5.74) is 1.13. The lowest BCUT2D eigenvalue weighted by Gasteiger charge is -2.25. The van der Waals surface area contributed by atoms with E-state index in [0.717, 1.165) is 18.8 Å². The van der Waals surface area contributed by atoms with E-state index >= 15 is 0 Å². The Morgan fingerprint density at radius 2 is 2.08 bits per heavy atom. The Morgan fingerprint density at radius 1 is 1.35 bits per heavy atom. The number of nitrogens with zero attached hydrogens (tertiary/aromatic N) is 5. The van der Waals surface area contributed by atoms with E-state index in [0.29, 0.717) is 30.2 Å². The van der Waals surface area contributed by atoms with Crippen molar-refractivity contribution in [2.75, 3.05) is 31.6 Å². The minimum atomic E-state index is -0.0504. The highest BCUT2D eigenvalue weighted by molar-refractivity contribution is 5.94. The second-order valence-electron chi connectivity index (χ2n) is 6.11. The molecule has 1 amide bonds. The van der Waals surface area contributed by atoms with E-state index in [-0.39, 0.29) is 11.9 Å². The molecule has 1 aromatic carbocycles. The standard InChI is InChI=1S/C19H21N5O2/c1-3-26-18-17(21-9-10-22-18)24-11-8-16(13-24)23(2)19(25)15-6-4-14(12-20)5-7-15/h4-7,9-10,16H,3,8,11,13H2,1-2H3/t16-/m1/s1. The summed E-state index contributed by atoms with van der Waals surface area (Å²) in [5.74, 6) is 1.19. The predicted octanol–water partition coefficient (Wildman–Crippen LogP) is 2.10. The zero-order valence-corrected chi connectivity index (χ0v) is 14.9. The molecular formula is C19H21N5O2. The van der Waals surface area contributed by atoms with Crippen molar-refractivity contribution in [3.8, 4) is 11.9 Å². The van der Waals surface area contributed by atoms with E-state index in [1.165, 1.54) is 0 Å². The number of likely N-dealkylation sites (N-methyl/N-ethyl adjacent to an activating group) is 1. The first-order chi connectivity index (χ1) is 12.6. The molecule has 26 heavy (non-hydrogen) atoms. The maximum absolute atomic E-state index is 12.7. The van der Waals surface area contributed by atoms with Crippen LogP contribution in [0, 0.1) is 11.3 Å². The number of carbonyl (C=O) groups excluding carboxylic acids is 1. The number of nitriles is 1. The van der Waals surface area contributed by atoms with Crippen LogP contribution in [-0.2, 0) is 0 Å². The van der Waals surface area contributed by atoms with E-state index < -0.39 is 0 Å². The number of amides is 1. The predicted molar refractivity (Wildman–Crippen MR) is 97.1 cm³/mol. The van der Waals surface area contributed by atoms with Gasteiger partial charge < -0.3 is 14.5 Å². The fraction of sp³-hybridized carbons (Fsp3) is 0.368. The molecule has 1 fully saturated rings. The van der Waals surface area contributed by atoms with Crippen LogP contribution in [0.15, 0.2) is 36.7 Å². The van der Waals surface area contributed by atoms with Gasteiger partial charge in [0.15, 0.2) is 5.82 Å². The van der Waals surface area contributed by atoms with Gasteiger partial charge >= 0.3 is 0 Å². The van der Waals surface area contributed by atoms with Gasteiger partial charge in [0, 0.05) is 38.1 Å². The molecule has 0 aliphatic carbocycles. The molecule has 1 atom stereocenters. The molecule has 3 rings (SSSR count). The first-order valence-corrected chi connectivity index (χ1v) is 8.60. The zero-order chi connectivity index (χ0) is 18.5. The highest BCUT2D eigenvalue weighted by Crippen LogP contribution is 2.28. The van der Waals surface area contributed by atoms with Crippen molar-refractivity contribution in [1.82, 2.24) is 14.9 Å². The molecule has 0 radical (unpaired) electrons. The summed E-state index contributed by atoms with van der Waals surface area (Å²) < 4.78 is 5.56. The number of rotatable bonds is 5. The lowest BCUT2D eigenvalue weighted by molar-refractivity contribution is 0.0745. The van der Waals surface area contributed by atoms with Gasteiger partial charge in [-0.15, -0.1) is 0 Å². The Balaban J connectivity index is 1.70. The Morgan fingerprint density at radius 3 is 2.77 bits per heavy atom. The van der Waals surface area contributed by atoms with Crippen molar-refractivity contribution >= 4 is 11.7 Å². The maximum Gasteiger partial charge on any atom is 0.257 e. The Kier molecular flexibility index (Phi) is 5.32. The first-order valence-electron chi connectivity index (χ1n) is 8.60. The summed E-state index contributed by atoms with van der Waals surface area (Å²) >= 11 is 0. The quantitative estimate of drug-likeness (QED) is 0.820. The van der Waals surface area contributed by atoms with Crippen LogP contribution in [0.25, 0.3) is 0 Å². The van der Waals surface area contributed by atoms with Crippen molar-refractivity contribution in [2.24, 2.45) is 0 Å². The monoisotopic (exact) mass is 351 g/mol. The second kappa shape index (κ2) is 7.83. The summed E-state index contributed by atoms with van der Waals surface area (Å²) in [6.07, 6.45) is 4.11. The lowest BCUT2D eigenvalue weighted by atomic mass is 10.1. The largest absolute Gasteiger partial charge is 0.475 e. The molecule has 1 aliphatic heterocycles. The average molecular weight is 351 g/mol. The Bertz CT molecular complexity index is 815. The minimum Gasteiger partial charge on any atom is -0.475 e. The average Bonchev–Trinajstić information content (AvgIpc) is 3.17. The molecule has 0 bridgehead atoms. The second-order valence-corrected chi connectivity index (χ2v) is 6.11. The highest BCUT2D eigenvalue weighted by Gasteiger charge is 2.31. The number of hydrogen-bond acceptors (Lipinski definition) is 6. The van der Waals surface area contributed by atoms with Gasteiger partial charge in [-0.3, -0.25) is 4.79 Å². The first kappa shape index (κ1) is 17.7. The summed E-state index contributed by atoms with van der Waals surface area (Å²) in [6.45, 7) is 3.90. The molecular weight excluding hydrogens is 330 g/mol. The topological polar surface area (TPSA) is 82.4 Å². The molecule has 0 unspecified atom stereocenters. The maximum atomic E-state index is 12.7. The van der Waals surface area contributed by atoms with Crippen molar-refractivity contribution in [3.63, 3.8) is 0 Å². The van der Waals surface area contributed by atoms with Crippen LogP contribution < -0.4 is 9.64 Å². The number of anilines is 1. The van der Waals surface area contributed by atoms with Gasteiger partial charge in [-0.2, -0.15) is 5.26 Å². The molecule has 1 aromatic heterocycles. The molecule has 7 heteroatoms. The van der Waals surface area contributed by atoms with E-state index in [1.54, 1.807) is 41.6 Å². The zero-order valence-electron chi connectivity index (χ0n) is 14.9. The number of benzene rings is 1. The molecule has 2 aromatic rings. The third-order valence-electron chi connectivity index (χ3n) is 4.52. The van der Waals surface area contributed by atoms with Gasteiger partial charge in [-0.05, 0) is 37.6 Å². The van der Waals surface area contributed by atoms with Gasteiger partial charge in [0.2, 0.25) is 0 Å². The summed E-state index contributed by atoms with van der Waals surface area (Å²) in [5, 5.41) is 8.87.